The van der Waals surface area contributed by atoms with Crippen LogP contribution in [0.15, 0.2) is 23.1 Å². The highest BCUT2D eigenvalue weighted by molar-refractivity contribution is 8.00. The van der Waals surface area contributed by atoms with Gasteiger partial charge >= 0.3 is 0 Å². The number of nitro groups is 1. The third-order valence-electron chi connectivity index (χ3n) is 4.13. The molecule has 1 atom stereocenters. The number of nitrogens with zero attached hydrogens (tertiary/aromatic N) is 1. The average molecular weight is 352 g/mol. The molecule has 2 amide bonds. The van der Waals surface area contributed by atoms with Gasteiger partial charge < -0.3 is 16.8 Å². The SMILES string of the molecule is CC(CN)(NC(=O)CSc1ccc(C(N)=O)cc1[N+](=O)[O-])C1CC1. The normalized spacial score (nSPS) is 16.2. The van der Waals surface area contributed by atoms with Crippen LogP contribution < -0.4 is 16.8 Å². The minimum Gasteiger partial charge on any atom is -0.366 e. The third-order valence-corrected chi connectivity index (χ3v) is 5.19. The molecule has 1 aliphatic carbocycles. The number of benzene rings is 1. The predicted octanol–water partition coefficient (Wildman–Crippen LogP) is 1.03. The van der Waals surface area contributed by atoms with Crippen molar-refractivity contribution in [2.75, 3.05) is 12.3 Å². The number of rotatable bonds is 8. The van der Waals surface area contributed by atoms with E-state index >= 15 is 0 Å². The highest BCUT2D eigenvalue weighted by Crippen LogP contribution is 2.39. The lowest BCUT2D eigenvalue weighted by Crippen LogP contribution is -2.53. The van der Waals surface area contributed by atoms with E-state index in [0.717, 1.165) is 30.7 Å². The smallest absolute Gasteiger partial charge is 0.283 e. The van der Waals surface area contributed by atoms with Crippen molar-refractivity contribution in [3.63, 3.8) is 0 Å². The van der Waals surface area contributed by atoms with Crippen molar-refractivity contribution >= 4 is 29.3 Å². The van der Waals surface area contributed by atoms with Crippen molar-refractivity contribution in [3.05, 3.63) is 33.9 Å². The molecule has 130 valence electrons. The van der Waals surface area contributed by atoms with Crippen LogP contribution in [-0.4, -0.2) is 34.6 Å². The molecule has 1 saturated carbocycles. The summed E-state index contributed by atoms with van der Waals surface area (Å²) in [6, 6.07) is 3.96. The molecule has 1 fully saturated rings. The number of carbonyl (C=O) groups is 2. The van der Waals surface area contributed by atoms with Crippen molar-refractivity contribution in [2.45, 2.75) is 30.2 Å². The molecule has 1 aliphatic rings. The summed E-state index contributed by atoms with van der Waals surface area (Å²) in [5, 5.41) is 14.1. The number of thioether (sulfide) groups is 1. The van der Waals surface area contributed by atoms with E-state index in [4.69, 9.17) is 11.5 Å². The second-order valence-corrected chi connectivity index (χ2v) is 7.05. The van der Waals surface area contributed by atoms with Crippen LogP contribution in [0.1, 0.15) is 30.1 Å². The molecule has 9 heteroatoms. The van der Waals surface area contributed by atoms with Crippen LogP contribution in [0.25, 0.3) is 0 Å². The lowest BCUT2D eigenvalue weighted by atomic mass is 9.96. The maximum Gasteiger partial charge on any atom is 0.283 e. The number of amides is 2. The van der Waals surface area contributed by atoms with Gasteiger partial charge in [0.1, 0.15) is 0 Å². The molecule has 0 aromatic heterocycles. The Morgan fingerprint density at radius 3 is 2.62 bits per heavy atom. The van der Waals surface area contributed by atoms with E-state index in [9.17, 15) is 19.7 Å². The lowest BCUT2D eigenvalue weighted by molar-refractivity contribution is -0.387. The zero-order chi connectivity index (χ0) is 17.9. The Labute approximate surface area is 143 Å². The van der Waals surface area contributed by atoms with Crippen molar-refractivity contribution < 1.29 is 14.5 Å². The van der Waals surface area contributed by atoms with Crippen LogP contribution in [0, 0.1) is 16.0 Å². The van der Waals surface area contributed by atoms with Crippen LogP contribution in [0.5, 0.6) is 0 Å². The Bertz CT molecular complexity index is 677. The van der Waals surface area contributed by atoms with Gasteiger partial charge in [-0.15, -0.1) is 11.8 Å². The molecule has 0 saturated heterocycles. The summed E-state index contributed by atoms with van der Waals surface area (Å²) in [7, 11) is 0. The molecule has 0 aliphatic heterocycles. The standard InChI is InChI=1S/C15H20N4O4S/c1-15(8-16,10-3-4-10)18-13(20)7-24-12-5-2-9(14(17)21)6-11(12)19(22)23/h2,5-6,10H,3-4,7-8,16H2,1H3,(H2,17,21)(H,18,20). The number of hydrogen-bond donors (Lipinski definition) is 3. The highest BCUT2D eigenvalue weighted by Gasteiger charge is 2.41. The van der Waals surface area contributed by atoms with E-state index in [0.29, 0.717) is 17.4 Å². The topological polar surface area (TPSA) is 141 Å². The first kappa shape index (κ1) is 18.2. The Hall–Kier alpha value is -2.13. The molecule has 1 aromatic carbocycles. The van der Waals surface area contributed by atoms with Crippen molar-refractivity contribution in [1.29, 1.82) is 0 Å². The van der Waals surface area contributed by atoms with Crippen LogP contribution in [0.2, 0.25) is 0 Å². The monoisotopic (exact) mass is 352 g/mol. The Kier molecular flexibility index (Phi) is 5.45. The minimum absolute atomic E-state index is 0.0269. The molecule has 0 heterocycles. The highest BCUT2D eigenvalue weighted by atomic mass is 32.2. The molecule has 0 spiro atoms. The van der Waals surface area contributed by atoms with E-state index in [1.165, 1.54) is 12.1 Å². The van der Waals surface area contributed by atoms with Gasteiger partial charge in [-0.05, 0) is 37.8 Å². The summed E-state index contributed by atoms with van der Waals surface area (Å²) >= 11 is 1.04. The maximum absolute atomic E-state index is 12.1. The number of nitrogens with one attached hydrogen (secondary N) is 1. The zero-order valence-corrected chi connectivity index (χ0v) is 14.1. The number of hydrogen-bond acceptors (Lipinski definition) is 6. The fourth-order valence-electron chi connectivity index (χ4n) is 2.47. The van der Waals surface area contributed by atoms with Gasteiger partial charge in [-0.25, -0.2) is 0 Å². The molecule has 0 radical (unpaired) electrons. The van der Waals surface area contributed by atoms with Crippen molar-refractivity contribution in [1.82, 2.24) is 5.32 Å². The van der Waals surface area contributed by atoms with Crippen LogP contribution in [0.4, 0.5) is 5.69 Å². The maximum atomic E-state index is 12.1. The molecule has 5 N–H and O–H groups in total. The van der Waals surface area contributed by atoms with E-state index < -0.39 is 16.4 Å². The predicted molar refractivity (Wildman–Crippen MR) is 90.7 cm³/mol. The lowest BCUT2D eigenvalue weighted by Gasteiger charge is -2.29. The van der Waals surface area contributed by atoms with Gasteiger partial charge in [-0.3, -0.25) is 19.7 Å². The van der Waals surface area contributed by atoms with Gasteiger partial charge in [-0.2, -0.15) is 0 Å². The summed E-state index contributed by atoms with van der Waals surface area (Å²) in [6.45, 7) is 2.26. The van der Waals surface area contributed by atoms with Gasteiger partial charge in [0.15, 0.2) is 0 Å². The second kappa shape index (κ2) is 7.18. The Morgan fingerprint density at radius 2 is 2.12 bits per heavy atom. The summed E-state index contributed by atoms with van der Waals surface area (Å²) in [5.74, 6) is -0.552. The number of primary amides is 1. The number of nitrogens with two attached hydrogens (primary N) is 2. The van der Waals surface area contributed by atoms with E-state index in [2.05, 4.69) is 5.32 Å². The fourth-order valence-corrected chi connectivity index (χ4v) is 3.28. The van der Waals surface area contributed by atoms with Crippen LogP contribution >= 0.6 is 11.8 Å². The Morgan fingerprint density at radius 1 is 1.46 bits per heavy atom. The van der Waals surface area contributed by atoms with Crippen molar-refractivity contribution in [2.24, 2.45) is 17.4 Å². The van der Waals surface area contributed by atoms with E-state index in [-0.39, 0.29) is 22.9 Å². The minimum atomic E-state index is -0.740. The number of nitro benzene ring substituents is 1. The van der Waals surface area contributed by atoms with Gasteiger partial charge in [-0.1, -0.05) is 0 Å². The quantitative estimate of drug-likeness (QED) is 0.362. The van der Waals surface area contributed by atoms with Gasteiger partial charge in [0.2, 0.25) is 11.8 Å². The molecule has 2 rings (SSSR count). The molecule has 24 heavy (non-hydrogen) atoms. The van der Waals surface area contributed by atoms with E-state index in [1.807, 2.05) is 6.92 Å². The van der Waals surface area contributed by atoms with Crippen LogP contribution in [-0.2, 0) is 4.79 Å². The first-order valence-corrected chi connectivity index (χ1v) is 8.47. The molecule has 1 unspecified atom stereocenters. The summed E-state index contributed by atoms with van der Waals surface area (Å²) in [5.41, 5.74) is 10.3. The second-order valence-electron chi connectivity index (χ2n) is 6.04. The third kappa shape index (κ3) is 4.24. The first-order valence-electron chi connectivity index (χ1n) is 7.49. The van der Waals surface area contributed by atoms with Gasteiger partial charge in [0.05, 0.1) is 21.1 Å². The summed E-state index contributed by atoms with van der Waals surface area (Å²) in [4.78, 5) is 34.1. The first-order chi connectivity index (χ1) is 11.3. The Balaban J connectivity index is 2.04. The molecule has 0 bridgehead atoms. The molecular weight excluding hydrogens is 332 g/mol. The largest absolute Gasteiger partial charge is 0.366 e. The summed E-state index contributed by atoms with van der Waals surface area (Å²) < 4.78 is 0. The van der Waals surface area contributed by atoms with Gasteiger partial charge in [0, 0.05) is 18.2 Å². The average Bonchev–Trinajstić information content (AvgIpc) is 3.37. The molecule has 8 nitrogen and oxygen atoms in total. The summed E-state index contributed by atoms with van der Waals surface area (Å²) in [6.07, 6.45) is 2.09. The van der Waals surface area contributed by atoms with Crippen LogP contribution in [0.3, 0.4) is 0 Å². The number of carbonyl (C=O) groups excluding carboxylic acids is 2. The van der Waals surface area contributed by atoms with Gasteiger partial charge in [0.25, 0.3) is 5.69 Å². The van der Waals surface area contributed by atoms with Crippen molar-refractivity contribution in [3.8, 4) is 0 Å². The zero-order valence-electron chi connectivity index (χ0n) is 13.3. The molecular formula is C15H20N4O4S. The van der Waals surface area contributed by atoms with E-state index in [1.54, 1.807) is 0 Å². The fraction of sp³-hybridized carbons (Fsp3) is 0.467. The molecule has 1 aromatic rings.